The van der Waals surface area contributed by atoms with Crippen LogP contribution >= 0.6 is 11.8 Å². The van der Waals surface area contributed by atoms with Gasteiger partial charge in [0.05, 0.1) is 18.9 Å². The van der Waals surface area contributed by atoms with E-state index in [2.05, 4.69) is 24.8 Å². The predicted molar refractivity (Wildman–Crippen MR) is 109 cm³/mol. The lowest BCUT2D eigenvalue weighted by atomic mass is 9.94. The number of anilines is 1. The molecule has 1 N–H and O–H groups in total. The summed E-state index contributed by atoms with van der Waals surface area (Å²) >= 11 is 1.55. The molecule has 0 spiro atoms. The molecule has 9 heteroatoms. The highest BCUT2D eigenvalue weighted by Gasteiger charge is 2.24. The lowest BCUT2D eigenvalue weighted by molar-refractivity contribution is 0.122. The molecule has 8 nitrogen and oxygen atoms in total. The zero-order chi connectivity index (χ0) is 19.3. The minimum Gasteiger partial charge on any atom is -0.378 e. The van der Waals surface area contributed by atoms with Gasteiger partial charge < -0.3 is 9.64 Å². The molecule has 0 amide bonds. The molecule has 2 aliphatic heterocycles. The Bertz CT molecular complexity index is 837. The number of H-pyrrole nitrogens is 1. The average molecular weight is 403 g/mol. The number of nitrogens with one attached hydrogen (secondary N) is 1. The summed E-state index contributed by atoms with van der Waals surface area (Å²) in [5.74, 6) is 0.936. The van der Waals surface area contributed by atoms with Crippen molar-refractivity contribution in [2.45, 2.75) is 30.5 Å². The highest BCUT2D eigenvalue weighted by molar-refractivity contribution is 7.98. The number of thioether (sulfide) groups is 1. The molecule has 4 rings (SSSR count). The van der Waals surface area contributed by atoms with Crippen LogP contribution in [0, 0.1) is 0 Å². The van der Waals surface area contributed by atoms with Crippen LogP contribution in [-0.2, 0) is 11.3 Å². The molecule has 2 aromatic heterocycles. The zero-order valence-corrected chi connectivity index (χ0v) is 17.0. The Morgan fingerprint density at radius 3 is 2.79 bits per heavy atom. The third-order valence-electron chi connectivity index (χ3n) is 5.25. The first-order valence-corrected chi connectivity index (χ1v) is 10.9. The van der Waals surface area contributed by atoms with Crippen LogP contribution < -0.4 is 10.5 Å². The number of morpholine rings is 1. The predicted octanol–water partition coefficient (Wildman–Crippen LogP) is 1.50. The van der Waals surface area contributed by atoms with Crippen molar-refractivity contribution >= 4 is 17.7 Å². The van der Waals surface area contributed by atoms with Crippen molar-refractivity contribution in [3.63, 3.8) is 0 Å². The summed E-state index contributed by atoms with van der Waals surface area (Å²) in [6.45, 7) is 5.61. The van der Waals surface area contributed by atoms with Crippen molar-refractivity contribution < 1.29 is 4.74 Å². The topological polar surface area (TPSA) is 87.2 Å². The fourth-order valence-electron chi connectivity index (χ4n) is 3.83. The van der Waals surface area contributed by atoms with Gasteiger partial charge >= 0.3 is 0 Å². The van der Waals surface area contributed by atoms with Gasteiger partial charge in [-0.1, -0.05) is 11.8 Å². The Morgan fingerprint density at radius 1 is 1.25 bits per heavy atom. The third-order valence-corrected chi connectivity index (χ3v) is 5.83. The molecule has 2 saturated heterocycles. The second-order valence-corrected chi connectivity index (χ2v) is 8.02. The summed E-state index contributed by atoms with van der Waals surface area (Å²) in [6.07, 6.45) is 7.94. The fraction of sp³-hybridized carbons (Fsp3) is 0.579. The van der Waals surface area contributed by atoms with E-state index in [0.717, 1.165) is 62.0 Å². The molecule has 2 aliphatic rings. The smallest absolute Gasteiger partial charge is 0.252 e. The highest BCUT2D eigenvalue weighted by atomic mass is 32.2. The summed E-state index contributed by atoms with van der Waals surface area (Å²) in [4.78, 5) is 33.2. The van der Waals surface area contributed by atoms with E-state index in [1.54, 1.807) is 17.8 Å². The Labute approximate surface area is 168 Å². The van der Waals surface area contributed by atoms with Crippen molar-refractivity contribution in [2.24, 2.45) is 0 Å². The molecule has 1 unspecified atom stereocenters. The first-order chi connectivity index (χ1) is 13.7. The molecule has 4 heterocycles. The van der Waals surface area contributed by atoms with Crippen molar-refractivity contribution in [1.29, 1.82) is 0 Å². The van der Waals surface area contributed by atoms with Gasteiger partial charge in [-0.15, -0.1) is 0 Å². The van der Waals surface area contributed by atoms with Crippen LogP contribution in [0.3, 0.4) is 0 Å². The molecule has 0 aromatic carbocycles. The maximum absolute atomic E-state index is 12.2. The van der Waals surface area contributed by atoms with Crippen LogP contribution in [0.5, 0.6) is 0 Å². The Kier molecular flexibility index (Phi) is 6.23. The van der Waals surface area contributed by atoms with Crippen molar-refractivity contribution in [3.8, 4) is 0 Å². The van der Waals surface area contributed by atoms with Crippen molar-refractivity contribution in [3.05, 3.63) is 40.1 Å². The summed E-state index contributed by atoms with van der Waals surface area (Å²) in [5.41, 5.74) is 1.93. The standard InChI is InChI=1S/C19H26N6O2S/c1-28-19-20-10-14(11-21-19)12-24-4-2-3-15(13-24)16-9-17(26)23-18(22-16)25-5-7-27-8-6-25/h9-11,15H,2-8,12-13H2,1H3,(H,22,23,26). The van der Waals surface area contributed by atoms with Gasteiger partial charge in [0.1, 0.15) is 0 Å². The van der Waals surface area contributed by atoms with E-state index in [-0.39, 0.29) is 11.5 Å². The summed E-state index contributed by atoms with van der Waals surface area (Å²) in [7, 11) is 0. The Hall–Kier alpha value is -1.97. The quantitative estimate of drug-likeness (QED) is 0.595. The summed E-state index contributed by atoms with van der Waals surface area (Å²) < 4.78 is 5.40. The normalized spacial score (nSPS) is 21.0. The lowest BCUT2D eigenvalue weighted by Crippen LogP contribution is -2.39. The largest absolute Gasteiger partial charge is 0.378 e. The molecule has 28 heavy (non-hydrogen) atoms. The first kappa shape index (κ1) is 19.4. The van der Waals surface area contributed by atoms with Gasteiger partial charge in [-0.3, -0.25) is 14.7 Å². The van der Waals surface area contributed by atoms with Crippen LogP contribution in [0.15, 0.2) is 28.4 Å². The first-order valence-electron chi connectivity index (χ1n) is 9.72. The van der Waals surface area contributed by atoms with Gasteiger partial charge in [0.15, 0.2) is 5.16 Å². The van der Waals surface area contributed by atoms with Crippen LogP contribution in [0.2, 0.25) is 0 Å². The molecule has 0 bridgehead atoms. The number of rotatable bonds is 5. The van der Waals surface area contributed by atoms with Crippen molar-refractivity contribution in [1.82, 2.24) is 24.8 Å². The number of aromatic amines is 1. The second-order valence-electron chi connectivity index (χ2n) is 7.25. The van der Waals surface area contributed by atoms with Gasteiger partial charge in [0.25, 0.3) is 5.56 Å². The van der Waals surface area contributed by atoms with E-state index in [1.165, 1.54) is 0 Å². The van der Waals surface area contributed by atoms with Gasteiger partial charge in [-0.25, -0.2) is 15.0 Å². The lowest BCUT2D eigenvalue weighted by Gasteiger charge is -2.33. The number of ether oxygens (including phenoxy) is 1. The number of hydrogen-bond acceptors (Lipinski definition) is 8. The van der Waals surface area contributed by atoms with Crippen LogP contribution in [-0.4, -0.2) is 70.5 Å². The van der Waals surface area contributed by atoms with Gasteiger partial charge in [-0.2, -0.15) is 0 Å². The summed E-state index contributed by atoms with van der Waals surface area (Å²) in [6, 6.07) is 1.66. The fourth-order valence-corrected chi connectivity index (χ4v) is 4.14. The minimum atomic E-state index is -0.0790. The van der Waals surface area contributed by atoms with Gasteiger partial charge in [0, 0.05) is 56.1 Å². The second kappa shape index (κ2) is 9.02. The number of likely N-dealkylation sites (tertiary alicyclic amines) is 1. The molecule has 0 aliphatic carbocycles. The van der Waals surface area contributed by atoms with Crippen LogP contribution in [0.1, 0.15) is 30.0 Å². The van der Waals surface area contributed by atoms with E-state index in [9.17, 15) is 4.79 Å². The van der Waals surface area contributed by atoms with E-state index in [1.807, 2.05) is 18.6 Å². The third kappa shape index (κ3) is 4.71. The molecule has 0 saturated carbocycles. The van der Waals surface area contributed by atoms with Crippen LogP contribution in [0.4, 0.5) is 5.95 Å². The van der Waals surface area contributed by atoms with Gasteiger partial charge in [0.2, 0.25) is 5.95 Å². The van der Waals surface area contributed by atoms with Crippen LogP contribution in [0.25, 0.3) is 0 Å². The monoisotopic (exact) mass is 402 g/mol. The number of aromatic nitrogens is 4. The van der Waals surface area contributed by atoms with Crippen molar-refractivity contribution in [2.75, 3.05) is 50.5 Å². The maximum Gasteiger partial charge on any atom is 0.252 e. The Balaban J connectivity index is 1.46. The maximum atomic E-state index is 12.2. The molecule has 2 aromatic rings. The van der Waals surface area contributed by atoms with E-state index in [0.29, 0.717) is 19.2 Å². The molecule has 0 radical (unpaired) electrons. The molecule has 150 valence electrons. The molecular formula is C19H26N6O2S. The number of piperidine rings is 1. The zero-order valence-electron chi connectivity index (χ0n) is 16.1. The molecule has 1 atom stereocenters. The SMILES string of the molecule is CSc1ncc(CN2CCCC(c3cc(=O)[nH]c(N4CCOCC4)n3)C2)cn1. The minimum absolute atomic E-state index is 0.0790. The Morgan fingerprint density at radius 2 is 2.04 bits per heavy atom. The van der Waals surface area contributed by atoms with E-state index < -0.39 is 0 Å². The highest BCUT2D eigenvalue weighted by Crippen LogP contribution is 2.27. The van der Waals surface area contributed by atoms with E-state index >= 15 is 0 Å². The van der Waals surface area contributed by atoms with E-state index in [4.69, 9.17) is 9.72 Å². The number of hydrogen-bond donors (Lipinski definition) is 1. The average Bonchev–Trinajstić information content (AvgIpc) is 2.75. The molecular weight excluding hydrogens is 376 g/mol. The number of nitrogens with zero attached hydrogens (tertiary/aromatic N) is 5. The van der Waals surface area contributed by atoms with Gasteiger partial charge in [-0.05, 0) is 25.6 Å². The summed E-state index contributed by atoms with van der Waals surface area (Å²) in [5, 5.41) is 0.795. The molecule has 2 fully saturated rings.